The Hall–Kier alpha value is -2.34. The number of rotatable bonds is 4. The van der Waals surface area contributed by atoms with E-state index in [1.54, 1.807) is 11.9 Å². The molecule has 0 bridgehead atoms. The Labute approximate surface area is 161 Å². The largest absolute Gasteiger partial charge is 0.338 e. The topological polar surface area (TPSA) is 59.4 Å². The van der Waals surface area contributed by atoms with E-state index in [9.17, 15) is 13.2 Å². The van der Waals surface area contributed by atoms with Crippen LogP contribution in [0.5, 0.6) is 0 Å². The van der Waals surface area contributed by atoms with Crippen LogP contribution in [0.4, 0.5) is 0 Å². The van der Waals surface area contributed by atoms with Gasteiger partial charge in [0.1, 0.15) is 0 Å². The normalized spacial score (nSPS) is 18.9. The second-order valence-corrected chi connectivity index (χ2v) is 9.57. The fourth-order valence-corrected chi connectivity index (χ4v) is 5.36. The van der Waals surface area contributed by atoms with Gasteiger partial charge in [0.05, 0.1) is 11.5 Å². The van der Waals surface area contributed by atoms with Gasteiger partial charge in [0.2, 0.25) is 5.91 Å². The summed E-state index contributed by atoms with van der Waals surface area (Å²) in [5.41, 5.74) is 5.44. The summed E-state index contributed by atoms with van der Waals surface area (Å²) in [5.74, 6) is 0.0547. The minimum atomic E-state index is -3.01. The van der Waals surface area contributed by atoms with E-state index in [2.05, 4.69) is 41.8 Å². The van der Waals surface area contributed by atoms with Crippen molar-refractivity contribution in [3.8, 4) is 5.69 Å². The summed E-state index contributed by atoms with van der Waals surface area (Å²) in [4.78, 5) is 14.0. The fourth-order valence-electron chi connectivity index (χ4n) is 3.59. The number of hydrogen-bond acceptors (Lipinski definition) is 3. The number of amides is 1. The van der Waals surface area contributed by atoms with E-state index in [0.29, 0.717) is 6.42 Å². The van der Waals surface area contributed by atoms with Crippen LogP contribution in [-0.4, -0.2) is 48.4 Å². The predicted molar refractivity (Wildman–Crippen MR) is 109 cm³/mol. The molecular weight excluding hydrogens is 360 g/mol. The van der Waals surface area contributed by atoms with Crippen molar-refractivity contribution in [2.75, 3.05) is 18.6 Å². The van der Waals surface area contributed by atoms with Gasteiger partial charge in [-0.1, -0.05) is 17.7 Å². The number of sulfone groups is 1. The number of nitrogens with zero attached hydrogens (tertiary/aromatic N) is 2. The zero-order valence-corrected chi connectivity index (χ0v) is 17.1. The summed E-state index contributed by atoms with van der Waals surface area (Å²) in [6, 6.07) is 10.2. The molecule has 0 saturated carbocycles. The van der Waals surface area contributed by atoms with E-state index < -0.39 is 9.84 Å². The highest BCUT2D eigenvalue weighted by molar-refractivity contribution is 7.91. The van der Waals surface area contributed by atoms with Crippen LogP contribution in [0.3, 0.4) is 0 Å². The van der Waals surface area contributed by atoms with Gasteiger partial charge in [-0.25, -0.2) is 8.42 Å². The van der Waals surface area contributed by atoms with Gasteiger partial charge in [0.25, 0.3) is 0 Å². The quantitative estimate of drug-likeness (QED) is 0.759. The highest BCUT2D eigenvalue weighted by Crippen LogP contribution is 2.23. The summed E-state index contributed by atoms with van der Waals surface area (Å²) in [6.07, 6.45) is 3.86. The van der Waals surface area contributed by atoms with Gasteiger partial charge in [-0.3, -0.25) is 4.79 Å². The zero-order chi connectivity index (χ0) is 19.8. The van der Waals surface area contributed by atoms with E-state index in [1.807, 2.05) is 19.9 Å². The molecule has 1 amide bonds. The summed E-state index contributed by atoms with van der Waals surface area (Å²) in [6.45, 7) is 6.14. The Kier molecular flexibility index (Phi) is 5.29. The van der Waals surface area contributed by atoms with Crippen LogP contribution in [0.15, 0.2) is 36.4 Å². The number of aromatic nitrogens is 1. The molecule has 2 aromatic rings. The molecule has 6 heteroatoms. The molecule has 1 saturated heterocycles. The van der Waals surface area contributed by atoms with Crippen LogP contribution >= 0.6 is 0 Å². The molecule has 27 heavy (non-hydrogen) atoms. The molecule has 1 unspecified atom stereocenters. The maximum Gasteiger partial charge on any atom is 0.246 e. The number of benzene rings is 1. The molecule has 1 atom stereocenters. The van der Waals surface area contributed by atoms with E-state index in [0.717, 1.165) is 22.6 Å². The average molecular weight is 387 g/mol. The van der Waals surface area contributed by atoms with Crippen molar-refractivity contribution in [1.82, 2.24) is 9.47 Å². The Balaban J connectivity index is 1.78. The second-order valence-electron chi connectivity index (χ2n) is 7.34. The minimum Gasteiger partial charge on any atom is -0.338 e. The molecule has 0 aliphatic carbocycles. The van der Waals surface area contributed by atoms with E-state index in [4.69, 9.17) is 0 Å². The van der Waals surface area contributed by atoms with E-state index >= 15 is 0 Å². The molecule has 0 spiro atoms. The third kappa shape index (κ3) is 4.16. The molecule has 5 nitrogen and oxygen atoms in total. The van der Waals surface area contributed by atoms with Crippen LogP contribution in [0.1, 0.15) is 28.9 Å². The molecule has 1 aliphatic heterocycles. The molecule has 0 N–H and O–H groups in total. The molecule has 2 heterocycles. The Bertz CT molecular complexity index is 985. The minimum absolute atomic E-state index is 0.0605. The third-order valence-corrected chi connectivity index (χ3v) is 7.02. The molecule has 144 valence electrons. The highest BCUT2D eigenvalue weighted by atomic mass is 32.2. The zero-order valence-electron chi connectivity index (χ0n) is 16.3. The first-order valence-corrected chi connectivity index (χ1v) is 10.9. The lowest BCUT2D eigenvalue weighted by Gasteiger charge is -2.21. The lowest BCUT2D eigenvalue weighted by Crippen LogP contribution is -2.36. The molecule has 1 aliphatic rings. The molecule has 0 radical (unpaired) electrons. The molecule has 3 rings (SSSR count). The van der Waals surface area contributed by atoms with E-state index in [-0.39, 0.29) is 23.5 Å². The monoisotopic (exact) mass is 386 g/mol. The van der Waals surface area contributed by atoms with Crippen LogP contribution in [0.25, 0.3) is 11.8 Å². The summed E-state index contributed by atoms with van der Waals surface area (Å²) >= 11 is 0. The number of likely N-dealkylation sites (N-methyl/N-ethyl adjacent to an activating group) is 1. The highest BCUT2D eigenvalue weighted by Gasteiger charge is 2.32. The number of aryl methyl sites for hydroxylation is 2. The van der Waals surface area contributed by atoms with Crippen molar-refractivity contribution in [3.05, 3.63) is 58.9 Å². The molecule has 1 fully saturated rings. The lowest BCUT2D eigenvalue weighted by atomic mass is 10.2. The molecule has 1 aromatic heterocycles. The standard InChI is InChI=1S/C21H26N2O3S/c1-15-5-8-19(9-6-15)23-16(2)13-18(17(23)3)7-10-21(24)22(4)20-11-12-27(25,26)14-20/h5-10,13,20H,11-12,14H2,1-4H3/b10-7+. The number of carbonyl (C=O) groups is 1. The molecular formula is C21H26N2O3S. The van der Waals surface area contributed by atoms with E-state index in [1.165, 1.54) is 11.6 Å². The average Bonchev–Trinajstić information content (AvgIpc) is 3.12. The smallest absolute Gasteiger partial charge is 0.246 e. The number of carbonyl (C=O) groups excluding carboxylic acids is 1. The van der Waals surface area contributed by atoms with Gasteiger partial charge in [0.15, 0.2) is 9.84 Å². The fraction of sp³-hybridized carbons (Fsp3) is 0.381. The summed E-state index contributed by atoms with van der Waals surface area (Å²) in [5, 5.41) is 0. The summed E-state index contributed by atoms with van der Waals surface area (Å²) in [7, 11) is -1.33. The van der Waals surface area contributed by atoms with Gasteiger partial charge in [-0.15, -0.1) is 0 Å². The SMILES string of the molecule is Cc1ccc(-n2c(C)cc(/C=C/C(=O)N(C)C3CCS(=O)(=O)C3)c2C)cc1. The van der Waals surface area contributed by atoms with Crippen LogP contribution in [-0.2, 0) is 14.6 Å². The van der Waals surface area contributed by atoms with Gasteiger partial charge in [-0.05, 0) is 57.0 Å². The second kappa shape index (κ2) is 7.35. The van der Waals surface area contributed by atoms with Gasteiger partial charge >= 0.3 is 0 Å². The predicted octanol–water partition coefficient (Wildman–Crippen LogP) is 3.06. The maximum atomic E-state index is 12.5. The van der Waals surface area contributed by atoms with Crippen molar-refractivity contribution < 1.29 is 13.2 Å². The number of hydrogen-bond donors (Lipinski definition) is 0. The lowest BCUT2D eigenvalue weighted by molar-refractivity contribution is -0.126. The van der Waals surface area contributed by atoms with Crippen LogP contribution in [0.2, 0.25) is 0 Å². The first-order chi connectivity index (χ1) is 12.7. The molecule has 1 aromatic carbocycles. The first-order valence-electron chi connectivity index (χ1n) is 9.09. The Morgan fingerprint density at radius 2 is 1.85 bits per heavy atom. The maximum absolute atomic E-state index is 12.5. The van der Waals surface area contributed by atoms with Gasteiger partial charge in [-0.2, -0.15) is 0 Å². The first kappa shape index (κ1) is 19.4. The summed E-state index contributed by atoms with van der Waals surface area (Å²) < 4.78 is 25.4. The van der Waals surface area contributed by atoms with Crippen molar-refractivity contribution in [2.24, 2.45) is 0 Å². The van der Waals surface area contributed by atoms with Gasteiger partial charge in [0, 0.05) is 36.2 Å². The van der Waals surface area contributed by atoms with Crippen molar-refractivity contribution >= 4 is 21.8 Å². The third-order valence-electron chi connectivity index (χ3n) is 5.27. The Morgan fingerprint density at radius 3 is 2.44 bits per heavy atom. The van der Waals surface area contributed by atoms with Crippen LogP contribution in [0, 0.1) is 20.8 Å². The Morgan fingerprint density at radius 1 is 1.19 bits per heavy atom. The van der Waals surface area contributed by atoms with Crippen molar-refractivity contribution in [2.45, 2.75) is 33.2 Å². The van der Waals surface area contributed by atoms with Crippen LogP contribution < -0.4 is 0 Å². The van der Waals surface area contributed by atoms with Crippen molar-refractivity contribution in [3.63, 3.8) is 0 Å². The van der Waals surface area contributed by atoms with Crippen molar-refractivity contribution in [1.29, 1.82) is 0 Å². The van der Waals surface area contributed by atoms with Gasteiger partial charge < -0.3 is 9.47 Å².